The van der Waals surface area contributed by atoms with Crippen LogP contribution in [0.4, 0.5) is 0 Å². The highest BCUT2D eigenvalue weighted by atomic mass is 35.5. The molecule has 0 aliphatic carbocycles. The predicted molar refractivity (Wildman–Crippen MR) is 72.0 cm³/mol. The van der Waals surface area contributed by atoms with Gasteiger partial charge in [-0.2, -0.15) is 0 Å². The van der Waals surface area contributed by atoms with Crippen LogP contribution < -0.4 is 20.9 Å². The van der Waals surface area contributed by atoms with Gasteiger partial charge in [0.15, 0.2) is 11.5 Å². The zero-order valence-corrected chi connectivity index (χ0v) is 11.0. The van der Waals surface area contributed by atoms with Crippen LogP contribution in [-0.4, -0.2) is 16.9 Å². The minimum Gasteiger partial charge on any atom is -0.503 e. The van der Waals surface area contributed by atoms with Crippen LogP contribution in [0.2, 0.25) is 5.02 Å². The minimum absolute atomic E-state index is 0.128. The zero-order valence-electron chi connectivity index (χ0n) is 10.2. The number of benzene rings is 1. The summed E-state index contributed by atoms with van der Waals surface area (Å²) in [6, 6.07) is 3.10. The molecule has 19 heavy (non-hydrogen) atoms. The molecule has 5 nitrogen and oxygen atoms in total. The highest BCUT2D eigenvalue weighted by Crippen LogP contribution is 2.35. The van der Waals surface area contributed by atoms with Crippen molar-refractivity contribution >= 4 is 24.3 Å². The van der Waals surface area contributed by atoms with Crippen LogP contribution in [0, 0.1) is 0 Å². The molecule has 0 aliphatic rings. The van der Waals surface area contributed by atoms with E-state index in [-0.39, 0.29) is 16.5 Å². The fourth-order valence-corrected chi connectivity index (χ4v) is 1.82. The Hall–Kier alpha value is -2.14. The third-order valence-corrected chi connectivity index (χ3v) is 2.76. The molecule has 0 unspecified atom stereocenters. The number of phenolic OH excluding ortho intramolecular Hbond substituents is 1. The second kappa shape index (κ2) is 5.24. The molecule has 1 aromatic carbocycles. The van der Waals surface area contributed by atoms with E-state index in [0.717, 1.165) is 0 Å². The lowest BCUT2D eigenvalue weighted by molar-refractivity contribution is 0.318. The Morgan fingerprint density at radius 2 is 2.32 bits per heavy atom. The van der Waals surface area contributed by atoms with Gasteiger partial charge in [0.05, 0.1) is 22.2 Å². The smallest absolute Gasteiger partial charge is 0.365 e. The van der Waals surface area contributed by atoms with Gasteiger partial charge in [0.25, 0.3) is 0 Å². The number of halogens is 1. The van der Waals surface area contributed by atoms with Gasteiger partial charge in [-0.3, -0.25) is 0 Å². The first-order valence-corrected chi connectivity index (χ1v) is 5.94. The monoisotopic (exact) mass is 281 g/mol. The van der Waals surface area contributed by atoms with Crippen molar-refractivity contribution in [3.05, 3.63) is 43.7 Å². The van der Waals surface area contributed by atoms with E-state index in [1.807, 2.05) is 0 Å². The van der Waals surface area contributed by atoms with E-state index < -0.39 is 5.63 Å². The summed E-state index contributed by atoms with van der Waals surface area (Å²) in [7, 11) is 0. The number of phenols is 1. The van der Waals surface area contributed by atoms with E-state index in [4.69, 9.17) is 16.3 Å². The van der Waals surface area contributed by atoms with Gasteiger partial charge in [-0.15, -0.1) is 0 Å². The first-order valence-electron chi connectivity index (χ1n) is 5.56. The van der Waals surface area contributed by atoms with E-state index in [0.29, 0.717) is 22.7 Å². The van der Waals surface area contributed by atoms with Gasteiger partial charge in [-0.05, 0) is 30.7 Å². The summed E-state index contributed by atoms with van der Waals surface area (Å²) >= 11 is 5.90. The van der Waals surface area contributed by atoms with Gasteiger partial charge < -0.3 is 14.4 Å². The maximum absolute atomic E-state index is 11.4. The molecule has 0 atom stereocenters. The van der Waals surface area contributed by atoms with Crippen LogP contribution in [0.5, 0.6) is 11.5 Å². The normalized spacial score (nSPS) is 11.8. The van der Waals surface area contributed by atoms with Crippen molar-refractivity contribution in [3.63, 3.8) is 0 Å². The van der Waals surface area contributed by atoms with Gasteiger partial charge in [-0.1, -0.05) is 18.2 Å². The maximum Gasteiger partial charge on any atom is 0.365 e. The molecule has 0 fully saturated rings. The molecule has 1 heterocycles. The van der Waals surface area contributed by atoms with Gasteiger partial charge in [0.2, 0.25) is 0 Å². The van der Waals surface area contributed by atoms with Crippen LogP contribution in [0.25, 0.3) is 12.7 Å². The summed E-state index contributed by atoms with van der Waals surface area (Å²) in [6.45, 7) is 5.82. The molecule has 2 N–H and O–H groups in total. The Morgan fingerprint density at radius 3 is 2.89 bits per heavy atom. The largest absolute Gasteiger partial charge is 0.503 e. The molecule has 0 amide bonds. The average Bonchev–Trinajstić information content (AvgIpc) is 2.67. The SMILES string of the molecule is C=c1[nH]oc(=O)c1=Cc1cc(Cl)c(O)c(OCC)c1. The third kappa shape index (κ3) is 2.66. The Balaban J connectivity index is 2.62. The van der Waals surface area contributed by atoms with E-state index in [1.54, 1.807) is 19.1 Å². The van der Waals surface area contributed by atoms with Gasteiger partial charge in [-0.25, -0.2) is 9.95 Å². The van der Waals surface area contributed by atoms with E-state index in [2.05, 4.69) is 16.3 Å². The molecule has 0 bridgehead atoms. The van der Waals surface area contributed by atoms with Crippen molar-refractivity contribution in [2.75, 3.05) is 6.61 Å². The van der Waals surface area contributed by atoms with Crippen LogP contribution in [-0.2, 0) is 0 Å². The number of nitrogens with one attached hydrogen (secondary N) is 1. The molecule has 6 heteroatoms. The van der Waals surface area contributed by atoms with Crippen molar-refractivity contribution < 1.29 is 14.4 Å². The fourth-order valence-electron chi connectivity index (χ4n) is 1.60. The van der Waals surface area contributed by atoms with E-state index in [9.17, 15) is 9.90 Å². The summed E-state index contributed by atoms with van der Waals surface area (Å²) < 4.78 is 9.87. The van der Waals surface area contributed by atoms with Gasteiger partial charge >= 0.3 is 5.63 Å². The third-order valence-electron chi connectivity index (χ3n) is 2.47. The summed E-state index contributed by atoms with van der Waals surface area (Å²) in [4.78, 5) is 11.4. The molecule has 0 radical (unpaired) electrons. The number of aromatic amines is 1. The number of H-pyrrole nitrogens is 1. The Bertz CT molecular complexity index is 729. The molecular formula is C13H12ClNO4. The Kier molecular flexibility index (Phi) is 3.66. The van der Waals surface area contributed by atoms with Crippen molar-refractivity contribution in [1.29, 1.82) is 0 Å². The highest BCUT2D eigenvalue weighted by molar-refractivity contribution is 6.32. The Morgan fingerprint density at radius 1 is 1.58 bits per heavy atom. The maximum atomic E-state index is 11.4. The lowest BCUT2D eigenvalue weighted by Crippen LogP contribution is -2.31. The predicted octanol–water partition coefficient (Wildman–Crippen LogP) is 0.965. The lowest BCUT2D eigenvalue weighted by Gasteiger charge is -2.08. The number of hydrogen-bond acceptors (Lipinski definition) is 4. The quantitative estimate of drug-likeness (QED) is 0.879. The lowest BCUT2D eigenvalue weighted by atomic mass is 10.1. The molecule has 0 spiro atoms. The number of ether oxygens (including phenoxy) is 1. The molecule has 0 saturated carbocycles. The molecule has 2 aromatic rings. The first kappa shape index (κ1) is 13.3. The van der Waals surface area contributed by atoms with Crippen molar-refractivity contribution in [2.45, 2.75) is 6.92 Å². The van der Waals surface area contributed by atoms with Crippen LogP contribution in [0.1, 0.15) is 12.5 Å². The van der Waals surface area contributed by atoms with Crippen LogP contribution in [0.3, 0.4) is 0 Å². The summed E-state index contributed by atoms with van der Waals surface area (Å²) in [5, 5.41) is 12.9. The topological polar surface area (TPSA) is 75.5 Å². The summed E-state index contributed by atoms with van der Waals surface area (Å²) in [6.07, 6.45) is 1.55. The minimum atomic E-state index is -0.521. The summed E-state index contributed by atoms with van der Waals surface area (Å²) in [5.41, 5.74) is 0.0789. The molecule has 0 aliphatic heterocycles. The second-order valence-electron chi connectivity index (χ2n) is 3.81. The van der Waals surface area contributed by atoms with Crippen molar-refractivity contribution in [1.82, 2.24) is 5.16 Å². The van der Waals surface area contributed by atoms with E-state index >= 15 is 0 Å². The number of hydrogen-bond donors (Lipinski definition) is 2. The summed E-state index contributed by atoms with van der Waals surface area (Å²) in [5.74, 6) is 0.128. The number of aromatic hydroxyl groups is 1. The average molecular weight is 282 g/mol. The standard InChI is InChI=1S/C13H12ClNO4/c1-3-18-11-6-8(5-10(14)12(11)16)4-9-7(2)15-19-13(9)17/h4-6,15-16H,2-3H2,1H3. The molecule has 2 rings (SSSR count). The Labute approximate surface area is 113 Å². The molecular weight excluding hydrogens is 270 g/mol. The number of rotatable bonds is 3. The number of aromatic nitrogens is 1. The first-order chi connectivity index (χ1) is 9.02. The fraction of sp³-hybridized carbons (Fsp3) is 0.154. The van der Waals surface area contributed by atoms with E-state index in [1.165, 1.54) is 6.07 Å². The van der Waals surface area contributed by atoms with Crippen LogP contribution in [0.15, 0.2) is 21.5 Å². The van der Waals surface area contributed by atoms with Crippen molar-refractivity contribution in [2.24, 2.45) is 0 Å². The zero-order chi connectivity index (χ0) is 14.0. The van der Waals surface area contributed by atoms with Gasteiger partial charge in [0, 0.05) is 0 Å². The molecule has 0 saturated heterocycles. The molecule has 1 aromatic heterocycles. The highest BCUT2D eigenvalue weighted by Gasteiger charge is 2.09. The van der Waals surface area contributed by atoms with Gasteiger partial charge in [0.1, 0.15) is 0 Å². The molecule has 100 valence electrons. The van der Waals surface area contributed by atoms with Crippen molar-refractivity contribution in [3.8, 4) is 11.5 Å². The second-order valence-corrected chi connectivity index (χ2v) is 4.22. The van der Waals surface area contributed by atoms with Crippen LogP contribution >= 0.6 is 11.6 Å².